The number of amides is 2. The van der Waals surface area contributed by atoms with E-state index in [9.17, 15) is 22.4 Å². The number of carbonyl (C=O) groups is 2. The molecule has 2 amide bonds. The fourth-order valence-corrected chi connectivity index (χ4v) is 4.04. The third-order valence-corrected chi connectivity index (χ3v) is 6.05. The van der Waals surface area contributed by atoms with E-state index in [4.69, 9.17) is 4.74 Å². The van der Waals surface area contributed by atoms with Crippen molar-refractivity contribution in [3.8, 4) is 0 Å². The zero-order valence-corrected chi connectivity index (χ0v) is 16.5. The monoisotopic (exact) mass is 414 g/mol. The Morgan fingerprint density at radius 1 is 1.29 bits per heavy atom. The van der Waals surface area contributed by atoms with Gasteiger partial charge in [0.25, 0.3) is 0 Å². The number of anilines is 2. The molecule has 0 aromatic heterocycles. The average molecular weight is 414 g/mol. The number of hydrogen-bond donors (Lipinski definition) is 1. The van der Waals surface area contributed by atoms with Crippen LogP contribution in [-0.4, -0.2) is 69.9 Å². The first-order chi connectivity index (χ1) is 13.2. The summed E-state index contributed by atoms with van der Waals surface area (Å²) in [6.45, 7) is 3.11. The average Bonchev–Trinajstić information content (AvgIpc) is 3.01. The molecule has 2 saturated heterocycles. The van der Waals surface area contributed by atoms with Gasteiger partial charge in [-0.15, -0.1) is 0 Å². The Labute approximate surface area is 163 Å². The number of halogens is 1. The summed E-state index contributed by atoms with van der Waals surface area (Å²) in [5, 5.41) is 2.57. The molecule has 2 aliphatic heterocycles. The Balaban J connectivity index is 1.68. The van der Waals surface area contributed by atoms with Gasteiger partial charge in [0.2, 0.25) is 15.9 Å². The van der Waals surface area contributed by atoms with Crippen LogP contribution in [0.5, 0.6) is 0 Å². The lowest BCUT2D eigenvalue weighted by atomic mass is 10.2. The highest BCUT2D eigenvalue weighted by molar-refractivity contribution is 7.88. The van der Waals surface area contributed by atoms with Crippen molar-refractivity contribution in [1.82, 2.24) is 9.62 Å². The van der Waals surface area contributed by atoms with Gasteiger partial charge < -0.3 is 15.0 Å². The third kappa shape index (κ3) is 4.36. The molecular weight excluding hydrogens is 391 g/mol. The molecule has 0 radical (unpaired) electrons. The molecule has 154 valence electrons. The van der Waals surface area contributed by atoms with Crippen LogP contribution in [0.15, 0.2) is 18.2 Å². The number of ether oxygens (including phenoxy) is 1. The summed E-state index contributed by atoms with van der Waals surface area (Å²) >= 11 is 0. The van der Waals surface area contributed by atoms with E-state index in [0.29, 0.717) is 24.5 Å². The smallest absolute Gasteiger partial charge is 0.416 e. The number of rotatable bonds is 5. The van der Waals surface area contributed by atoms with Crippen molar-refractivity contribution in [2.75, 3.05) is 48.8 Å². The second-order valence-electron chi connectivity index (χ2n) is 6.69. The maximum atomic E-state index is 14.7. The molecule has 0 aliphatic carbocycles. The van der Waals surface area contributed by atoms with Crippen LogP contribution >= 0.6 is 0 Å². The zero-order valence-electron chi connectivity index (χ0n) is 15.7. The zero-order chi connectivity index (χ0) is 20.5. The molecule has 1 atom stereocenters. The van der Waals surface area contributed by atoms with Gasteiger partial charge in [-0.3, -0.25) is 9.69 Å². The van der Waals surface area contributed by atoms with Gasteiger partial charge in [0.15, 0.2) is 6.23 Å². The van der Waals surface area contributed by atoms with Crippen LogP contribution in [0.4, 0.5) is 20.6 Å². The summed E-state index contributed by atoms with van der Waals surface area (Å²) in [6.07, 6.45) is -0.00469. The molecular formula is C17H23FN4O5S. The lowest BCUT2D eigenvalue weighted by Gasteiger charge is -2.35. The second kappa shape index (κ2) is 7.92. The van der Waals surface area contributed by atoms with Gasteiger partial charge in [-0.05, 0) is 18.2 Å². The number of benzene rings is 1. The maximum Gasteiger partial charge on any atom is 0.416 e. The molecule has 1 aromatic rings. The van der Waals surface area contributed by atoms with E-state index in [1.807, 2.05) is 0 Å². The molecule has 1 unspecified atom stereocenters. The van der Waals surface area contributed by atoms with E-state index in [1.165, 1.54) is 15.3 Å². The summed E-state index contributed by atoms with van der Waals surface area (Å²) in [5.41, 5.74) is 0.676. The highest BCUT2D eigenvalue weighted by Gasteiger charge is 2.34. The van der Waals surface area contributed by atoms with Crippen LogP contribution in [0.3, 0.4) is 0 Å². The SMILES string of the molecule is CCC(=O)NC1CN(c2ccc(N3CCN(S(C)(=O)=O)CC3)c(F)c2)C(=O)O1. The number of carbonyl (C=O) groups excluding carboxylic acids is 2. The van der Waals surface area contributed by atoms with Gasteiger partial charge in [-0.2, -0.15) is 4.31 Å². The van der Waals surface area contributed by atoms with Crippen molar-refractivity contribution in [2.45, 2.75) is 19.6 Å². The molecule has 11 heteroatoms. The van der Waals surface area contributed by atoms with Gasteiger partial charge >= 0.3 is 6.09 Å². The predicted molar refractivity (Wildman–Crippen MR) is 101 cm³/mol. The maximum absolute atomic E-state index is 14.7. The Kier molecular flexibility index (Phi) is 5.75. The lowest BCUT2D eigenvalue weighted by Crippen LogP contribution is -2.48. The van der Waals surface area contributed by atoms with Gasteiger partial charge in [0.05, 0.1) is 24.2 Å². The van der Waals surface area contributed by atoms with Crippen LogP contribution in [0.2, 0.25) is 0 Å². The predicted octanol–water partition coefficient (Wildman–Crippen LogP) is 0.716. The first-order valence-corrected chi connectivity index (χ1v) is 10.8. The van der Waals surface area contributed by atoms with E-state index < -0.39 is 28.2 Å². The molecule has 2 aliphatic rings. The highest BCUT2D eigenvalue weighted by Crippen LogP contribution is 2.28. The number of hydrogen-bond acceptors (Lipinski definition) is 6. The van der Waals surface area contributed by atoms with E-state index in [2.05, 4.69) is 5.32 Å². The van der Waals surface area contributed by atoms with Crippen molar-refractivity contribution in [1.29, 1.82) is 0 Å². The molecule has 0 saturated carbocycles. The van der Waals surface area contributed by atoms with Crippen LogP contribution in [-0.2, 0) is 19.6 Å². The Morgan fingerprint density at radius 3 is 2.54 bits per heavy atom. The molecule has 1 N–H and O–H groups in total. The molecule has 28 heavy (non-hydrogen) atoms. The summed E-state index contributed by atoms with van der Waals surface area (Å²) in [6, 6.07) is 4.40. The fourth-order valence-electron chi connectivity index (χ4n) is 3.21. The molecule has 1 aromatic carbocycles. The van der Waals surface area contributed by atoms with Crippen molar-refractivity contribution in [3.63, 3.8) is 0 Å². The fraction of sp³-hybridized carbons (Fsp3) is 0.529. The first-order valence-electron chi connectivity index (χ1n) is 8.96. The Hall–Kier alpha value is -2.40. The minimum atomic E-state index is -3.26. The summed E-state index contributed by atoms with van der Waals surface area (Å²) in [7, 11) is -3.26. The van der Waals surface area contributed by atoms with E-state index >= 15 is 0 Å². The molecule has 0 bridgehead atoms. The largest absolute Gasteiger partial charge is 0.423 e. The van der Waals surface area contributed by atoms with Crippen LogP contribution in [0.1, 0.15) is 13.3 Å². The Morgan fingerprint density at radius 2 is 1.96 bits per heavy atom. The molecule has 3 rings (SSSR count). The normalized spacial score (nSPS) is 21.0. The van der Waals surface area contributed by atoms with Gasteiger partial charge in [-0.1, -0.05) is 6.92 Å². The Bertz CT molecular complexity index is 870. The molecule has 0 spiro atoms. The lowest BCUT2D eigenvalue weighted by molar-refractivity contribution is -0.123. The summed E-state index contributed by atoms with van der Waals surface area (Å²) in [4.78, 5) is 26.5. The number of piperazine rings is 1. The molecule has 2 fully saturated rings. The van der Waals surface area contributed by atoms with E-state index in [0.717, 1.165) is 6.26 Å². The molecule has 2 heterocycles. The van der Waals surface area contributed by atoms with Gasteiger partial charge in [-0.25, -0.2) is 17.6 Å². The van der Waals surface area contributed by atoms with E-state index in [1.54, 1.807) is 24.0 Å². The van der Waals surface area contributed by atoms with Crippen LogP contribution < -0.4 is 15.1 Å². The second-order valence-corrected chi connectivity index (χ2v) is 8.67. The van der Waals surface area contributed by atoms with E-state index in [-0.39, 0.29) is 32.0 Å². The summed E-state index contributed by atoms with van der Waals surface area (Å²) < 4.78 is 44.3. The standard InChI is InChI=1S/C17H23FN4O5S/c1-3-15(23)19-16-11-22(17(24)27-16)12-4-5-14(13(18)10-12)20-6-8-21(9-7-20)28(2,25)26/h4-5,10,16H,3,6-9,11H2,1-2H3,(H,19,23). The summed E-state index contributed by atoms with van der Waals surface area (Å²) in [5.74, 6) is -0.756. The number of nitrogens with zero attached hydrogens (tertiary/aromatic N) is 3. The van der Waals surface area contributed by atoms with Gasteiger partial charge in [0, 0.05) is 32.6 Å². The van der Waals surface area contributed by atoms with Crippen molar-refractivity contribution in [2.24, 2.45) is 0 Å². The number of cyclic esters (lactones) is 1. The first kappa shape index (κ1) is 20.3. The quantitative estimate of drug-likeness (QED) is 0.762. The van der Waals surface area contributed by atoms with Crippen molar-refractivity contribution < 1.29 is 27.1 Å². The van der Waals surface area contributed by atoms with Gasteiger partial charge in [0.1, 0.15) is 5.82 Å². The molecule has 9 nitrogen and oxygen atoms in total. The minimum absolute atomic E-state index is 0.0936. The minimum Gasteiger partial charge on any atom is -0.423 e. The van der Waals surface area contributed by atoms with Crippen LogP contribution in [0, 0.1) is 5.82 Å². The van der Waals surface area contributed by atoms with Crippen LogP contribution in [0.25, 0.3) is 0 Å². The third-order valence-electron chi connectivity index (χ3n) is 4.75. The van der Waals surface area contributed by atoms with Crippen molar-refractivity contribution >= 4 is 33.4 Å². The van der Waals surface area contributed by atoms with Crippen molar-refractivity contribution in [3.05, 3.63) is 24.0 Å². The highest BCUT2D eigenvalue weighted by atomic mass is 32.2. The number of sulfonamides is 1. The number of nitrogens with one attached hydrogen (secondary N) is 1. The topological polar surface area (TPSA) is 99.3 Å².